The van der Waals surface area contributed by atoms with Gasteiger partial charge in [0, 0.05) is 32.2 Å². The molecule has 3 heterocycles. The molecule has 3 amide bonds. The quantitative estimate of drug-likeness (QED) is 0.186. The lowest BCUT2D eigenvalue weighted by molar-refractivity contribution is -0.159. The third kappa shape index (κ3) is 5.81. The summed E-state index contributed by atoms with van der Waals surface area (Å²) in [5, 5.41) is 12.0. The average molecular weight is 534 g/mol. The molecule has 0 radical (unpaired) electrons. The molecule has 3 fully saturated rings. The number of carbonyl (C=O) groups is 4. The van der Waals surface area contributed by atoms with Gasteiger partial charge < -0.3 is 29.7 Å². The zero-order valence-corrected chi connectivity index (χ0v) is 22.9. The van der Waals surface area contributed by atoms with Gasteiger partial charge in [-0.25, -0.2) is 0 Å². The van der Waals surface area contributed by atoms with Crippen LogP contribution in [-0.4, -0.2) is 94.7 Å². The van der Waals surface area contributed by atoms with Crippen molar-refractivity contribution in [2.45, 2.75) is 89.2 Å². The number of hydrogen-bond acceptors (Lipinski definition) is 7. The number of carbonyl (C=O) groups excluding carboxylic acids is 4. The van der Waals surface area contributed by atoms with E-state index in [4.69, 9.17) is 9.47 Å². The molecular weight excluding hydrogens is 490 g/mol. The fourth-order valence-corrected chi connectivity index (χ4v) is 6.08. The Morgan fingerprint density at radius 2 is 2.00 bits per heavy atom. The van der Waals surface area contributed by atoms with Crippen molar-refractivity contribution in [1.82, 2.24) is 15.1 Å². The van der Waals surface area contributed by atoms with E-state index < -0.39 is 41.7 Å². The molecule has 3 aliphatic heterocycles. The minimum Gasteiger partial charge on any atom is -0.460 e. The van der Waals surface area contributed by atoms with Gasteiger partial charge in [0.05, 0.1) is 24.5 Å². The van der Waals surface area contributed by atoms with Gasteiger partial charge in [-0.2, -0.15) is 0 Å². The number of rotatable bonds is 15. The third-order valence-corrected chi connectivity index (χ3v) is 7.83. The number of amides is 3. The van der Waals surface area contributed by atoms with Crippen LogP contribution in [0.25, 0.3) is 0 Å². The Kier molecular flexibility index (Phi) is 10.1. The minimum absolute atomic E-state index is 0.0145. The van der Waals surface area contributed by atoms with Gasteiger partial charge in [-0.3, -0.25) is 19.2 Å². The molecule has 0 aromatic carbocycles. The lowest BCUT2D eigenvalue weighted by atomic mass is 9.70. The Morgan fingerprint density at radius 3 is 2.63 bits per heavy atom. The summed E-state index contributed by atoms with van der Waals surface area (Å²) in [4.78, 5) is 56.4. The van der Waals surface area contributed by atoms with Crippen LogP contribution in [0.1, 0.15) is 59.3 Å². The van der Waals surface area contributed by atoms with Gasteiger partial charge in [-0.1, -0.05) is 12.2 Å². The van der Waals surface area contributed by atoms with Gasteiger partial charge in [0.25, 0.3) is 0 Å². The van der Waals surface area contributed by atoms with E-state index in [2.05, 4.69) is 18.5 Å². The monoisotopic (exact) mass is 533 g/mol. The van der Waals surface area contributed by atoms with Gasteiger partial charge >= 0.3 is 5.97 Å². The topological polar surface area (TPSA) is 125 Å². The lowest BCUT2D eigenvalue weighted by Crippen LogP contribution is -2.57. The van der Waals surface area contributed by atoms with E-state index in [1.54, 1.807) is 28.9 Å². The zero-order chi connectivity index (χ0) is 28.0. The van der Waals surface area contributed by atoms with Crippen molar-refractivity contribution >= 4 is 23.7 Å². The van der Waals surface area contributed by atoms with E-state index in [1.165, 1.54) is 0 Å². The lowest BCUT2D eigenvalue weighted by Gasteiger charge is -2.38. The smallest absolute Gasteiger partial charge is 0.312 e. The molecule has 38 heavy (non-hydrogen) atoms. The summed E-state index contributed by atoms with van der Waals surface area (Å²) < 4.78 is 12.1. The molecule has 2 N–H and O–H groups in total. The van der Waals surface area contributed by atoms with Crippen LogP contribution in [0.4, 0.5) is 0 Å². The number of likely N-dealkylation sites (tertiary alicyclic amines) is 1. The molecule has 212 valence electrons. The third-order valence-electron chi connectivity index (χ3n) is 7.83. The molecule has 0 aliphatic carbocycles. The molecular formula is C28H43N3O7. The molecule has 2 bridgehead atoms. The van der Waals surface area contributed by atoms with E-state index in [0.717, 1.165) is 0 Å². The Morgan fingerprint density at radius 1 is 1.26 bits per heavy atom. The van der Waals surface area contributed by atoms with Crippen LogP contribution in [-0.2, 0) is 28.7 Å². The van der Waals surface area contributed by atoms with Crippen LogP contribution >= 0.6 is 0 Å². The number of unbranched alkanes of at least 4 members (excludes halogenated alkanes) is 1. The van der Waals surface area contributed by atoms with E-state index in [1.807, 2.05) is 13.8 Å². The number of aliphatic hydroxyl groups excluding tert-OH is 1. The summed E-state index contributed by atoms with van der Waals surface area (Å²) >= 11 is 0. The van der Waals surface area contributed by atoms with Crippen molar-refractivity contribution in [2.24, 2.45) is 11.8 Å². The van der Waals surface area contributed by atoms with E-state index in [0.29, 0.717) is 45.1 Å². The summed E-state index contributed by atoms with van der Waals surface area (Å²) in [6, 6.07) is -0.974. The van der Waals surface area contributed by atoms with E-state index in [9.17, 15) is 24.3 Å². The number of esters is 1. The molecule has 0 saturated carbocycles. The zero-order valence-electron chi connectivity index (χ0n) is 22.9. The van der Waals surface area contributed by atoms with Crippen LogP contribution in [0.15, 0.2) is 25.3 Å². The molecule has 0 aromatic heterocycles. The molecule has 10 nitrogen and oxygen atoms in total. The fourth-order valence-electron chi connectivity index (χ4n) is 6.08. The number of nitrogens with one attached hydrogen (secondary N) is 1. The molecule has 3 aliphatic rings. The second kappa shape index (κ2) is 12.9. The molecule has 0 aromatic rings. The fraction of sp³-hybridized carbons (Fsp3) is 0.714. The van der Waals surface area contributed by atoms with Crippen LogP contribution < -0.4 is 5.32 Å². The molecule has 6 atom stereocenters. The first-order chi connectivity index (χ1) is 18.1. The van der Waals surface area contributed by atoms with Gasteiger partial charge in [0.15, 0.2) is 0 Å². The molecule has 0 unspecified atom stereocenters. The normalized spacial score (nSPS) is 28.2. The standard InChI is InChI=1S/C28H43N3O7/c1-6-8-11-21(33)29-17-19(5)37-27(36)22-20-12-13-28(38-20)23(22)25(34)31(15-9-10-16-32)24(28)26(35)30(14-7-2)18(3)4/h6-7,18-20,22-24,32H,1-2,8-17H2,3-5H3,(H,29,33)/t19-,20+,22-,23-,24+,28-/m0/s1. The number of nitrogens with zero attached hydrogens (tertiary/aromatic N) is 2. The maximum absolute atomic E-state index is 14.0. The summed E-state index contributed by atoms with van der Waals surface area (Å²) in [5.41, 5.74) is -1.10. The van der Waals surface area contributed by atoms with Gasteiger partial charge in [0.1, 0.15) is 17.7 Å². The molecule has 10 heteroatoms. The Hall–Kier alpha value is -2.72. The van der Waals surface area contributed by atoms with Gasteiger partial charge in [-0.15, -0.1) is 13.2 Å². The van der Waals surface area contributed by atoms with E-state index >= 15 is 0 Å². The van der Waals surface area contributed by atoms with Crippen LogP contribution in [0.5, 0.6) is 0 Å². The number of aliphatic hydroxyl groups is 1. The summed E-state index contributed by atoms with van der Waals surface area (Å²) in [7, 11) is 0. The number of allylic oxidation sites excluding steroid dienone is 1. The molecule has 3 rings (SSSR count). The molecule has 1 spiro atoms. The number of fused-ring (bicyclic) bond motifs is 1. The highest BCUT2D eigenvalue weighted by molar-refractivity contribution is 5.98. The number of ether oxygens (including phenoxy) is 2. The highest BCUT2D eigenvalue weighted by atomic mass is 16.6. The summed E-state index contributed by atoms with van der Waals surface area (Å²) in [6.45, 7) is 13.6. The molecule has 3 saturated heterocycles. The van der Waals surface area contributed by atoms with Crippen molar-refractivity contribution in [3.8, 4) is 0 Å². The van der Waals surface area contributed by atoms with Crippen molar-refractivity contribution in [3.63, 3.8) is 0 Å². The maximum atomic E-state index is 14.0. The average Bonchev–Trinajstić information content (AvgIpc) is 3.52. The van der Waals surface area contributed by atoms with Crippen LogP contribution in [0.2, 0.25) is 0 Å². The van der Waals surface area contributed by atoms with Crippen molar-refractivity contribution in [2.75, 3.05) is 26.2 Å². The first-order valence-electron chi connectivity index (χ1n) is 13.7. The largest absolute Gasteiger partial charge is 0.460 e. The summed E-state index contributed by atoms with van der Waals surface area (Å²) in [5.74, 6) is -2.83. The minimum atomic E-state index is -1.10. The van der Waals surface area contributed by atoms with Crippen molar-refractivity contribution < 1.29 is 33.8 Å². The van der Waals surface area contributed by atoms with Crippen molar-refractivity contribution in [3.05, 3.63) is 25.3 Å². The number of hydrogen-bond donors (Lipinski definition) is 2. The van der Waals surface area contributed by atoms with Gasteiger partial charge in [-0.05, 0) is 52.9 Å². The first-order valence-corrected chi connectivity index (χ1v) is 13.7. The first kappa shape index (κ1) is 29.8. The summed E-state index contributed by atoms with van der Waals surface area (Å²) in [6.07, 6.45) is 5.16. The van der Waals surface area contributed by atoms with Crippen LogP contribution in [0, 0.1) is 11.8 Å². The predicted octanol–water partition coefficient (Wildman–Crippen LogP) is 1.57. The van der Waals surface area contributed by atoms with Crippen LogP contribution in [0.3, 0.4) is 0 Å². The SMILES string of the molecule is C=CCCC(=O)NC[C@H](C)OC(=O)[C@@H]1[C@H]2C(=O)N(CCCCO)[C@H](C(=O)N(CC=C)C(C)C)[C@]23CC[C@H]1O3. The second-order valence-corrected chi connectivity index (χ2v) is 10.8. The Balaban J connectivity index is 1.82. The predicted molar refractivity (Wildman–Crippen MR) is 141 cm³/mol. The van der Waals surface area contributed by atoms with E-state index in [-0.39, 0.29) is 43.5 Å². The highest BCUT2D eigenvalue weighted by Gasteiger charge is 2.75. The highest BCUT2D eigenvalue weighted by Crippen LogP contribution is 2.58. The van der Waals surface area contributed by atoms with Crippen molar-refractivity contribution in [1.29, 1.82) is 0 Å². The maximum Gasteiger partial charge on any atom is 0.312 e. The Labute approximate surface area is 225 Å². The second-order valence-electron chi connectivity index (χ2n) is 10.8. The van der Waals surface area contributed by atoms with Gasteiger partial charge in [0.2, 0.25) is 17.7 Å². The Bertz CT molecular complexity index is 922.